The summed E-state index contributed by atoms with van der Waals surface area (Å²) in [7, 11) is -4.49. The lowest BCUT2D eigenvalue weighted by atomic mass is 11.0. The topological polar surface area (TPSA) is 116 Å². The van der Waals surface area contributed by atoms with Crippen molar-refractivity contribution in [2.75, 3.05) is 0 Å². The van der Waals surface area contributed by atoms with Crippen LogP contribution in [0.3, 0.4) is 0 Å². The van der Waals surface area contributed by atoms with Crippen molar-refractivity contribution < 1.29 is 23.9 Å². The lowest BCUT2D eigenvalue weighted by molar-refractivity contribution is -0.111. The third-order valence-corrected chi connectivity index (χ3v) is 1.76. The third kappa shape index (κ3) is 3.72. The van der Waals surface area contributed by atoms with Crippen LogP contribution in [0.4, 0.5) is 0 Å². The Morgan fingerprint density at radius 1 is 1.18 bits per heavy atom. The number of amides is 2. The summed E-state index contributed by atoms with van der Waals surface area (Å²) < 4.78 is 10.4. The Hall–Kier alpha value is -0.910. The number of nitrogens with one attached hydrogen (secondary N) is 2. The highest BCUT2D eigenvalue weighted by molar-refractivity contribution is 7.52. The van der Waals surface area contributed by atoms with E-state index in [1.807, 2.05) is 0 Å². The van der Waals surface area contributed by atoms with Gasteiger partial charge in [0.15, 0.2) is 0 Å². The average Bonchev–Trinajstić information content (AvgIpc) is 1.85. The maximum atomic E-state index is 10.4. The lowest BCUT2D eigenvalue weighted by Gasteiger charge is -2.15. The molecule has 0 spiro atoms. The highest BCUT2D eigenvalue weighted by Crippen LogP contribution is 2.37. The lowest BCUT2D eigenvalue weighted by Crippen LogP contribution is -2.40. The first-order valence-corrected chi connectivity index (χ1v) is 4.15. The quantitative estimate of drug-likeness (QED) is 0.221. The van der Waals surface area contributed by atoms with E-state index < -0.39 is 13.5 Å². The monoisotopic (exact) mass is 182 g/mol. The third-order valence-electron chi connectivity index (χ3n) is 0.788. The van der Waals surface area contributed by atoms with Gasteiger partial charge in [-0.2, -0.15) is 0 Å². The van der Waals surface area contributed by atoms with Crippen LogP contribution in [0.5, 0.6) is 0 Å². The standard InChI is InChI=1S/C3H7N2O5P/c6-1-4-3(5-2-7)11(8,9)10/h1-3H,(H,4,6)(H,5,7)(H2,8,9,10). The summed E-state index contributed by atoms with van der Waals surface area (Å²) in [5.74, 6) is -1.64. The minimum atomic E-state index is -4.49. The molecule has 0 aliphatic heterocycles. The zero-order chi connectivity index (χ0) is 8.91. The number of hydrogen-bond acceptors (Lipinski definition) is 3. The van der Waals surface area contributed by atoms with E-state index in [4.69, 9.17) is 9.79 Å². The van der Waals surface area contributed by atoms with Gasteiger partial charge in [0.1, 0.15) is 0 Å². The van der Waals surface area contributed by atoms with Crippen LogP contribution in [0.1, 0.15) is 0 Å². The molecule has 0 bridgehead atoms. The largest absolute Gasteiger partial charge is 0.367 e. The van der Waals surface area contributed by atoms with Crippen LogP contribution in [-0.4, -0.2) is 28.5 Å². The molecule has 0 saturated carbocycles. The van der Waals surface area contributed by atoms with Gasteiger partial charge in [-0.25, -0.2) is 0 Å². The van der Waals surface area contributed by atoms with Gasteiger partial charge < -0.3 is 20.4 Å². The summed E-state index contributed by atoms with van der Waals surface area (Å²) >= 11 is 0. The zero-order valence-corrected chi connectivity index (χ0v) is 6.19. The zero-order valence-electron chi connectivity index (χ0n) is 5.30. The molecule has 0 aromatic rings. The highest BCUT2D eigenvalue weighted by atomic mass is 31.2. The van der Waals surface area contributed by atoms with Crippen LogP contribution >= 0.6 is 7.60 Å². The van der Waals surface area contributed by atoms with E-state index in [1.54, 1.807) is 10.6 Å². The molecule has 7 nitrogen and oxygen atoms in total. The van der Waals surface area contributed by atoms with E-state index in [-0.39, 0.29) is 12.8 Å². The molecular weight excluding hydrogens is 175 g/mol. The van der Waals surface area contributed by atoms with Gasteiger partial charge in [-0.05, 0) is 0 Å². The second kappa shape index (κ2) is 4.07. The first kappa shape index (κ1) is 10.1. The van der Waals surface area contributed by atoms with E-state index in [0.29, 0.717) is 0 Å². The van der Waals surface area contributed by atoms with Crippen molar-refractivity contribution in [1.82, 2.24) is 10.6 Å². The molecule has 4 N–H and O–H groups in total. The second-order valence-electron chi connectivity index (χ2n) is 1.56. The van der Waals surface area contributed by atoms with Gasteiger partial charge in [0.2, 0.25) is 18.7 Å². The van der Waals surface area contributed by atoms with E-state index in [2.05, 4.69) is 0 Å². The number of carbonyl (C=O) groups excluding carboxylic acids is 2. The average molecular weight is 182 g/mol. The molecule has 0 saturated heterocycles. The smallest absolute Gasteiger partial charge is 0.328 e. The minimum Gasteiger partial charge on any atom is -0.328 e. The summed E-state index contributed by atoms with van der Waals surface area (Å²) in [6, 6.07) is 0. The molecule has 64 valence electrons. The molecule has 0 aliphatic rings. The predicted octanol–water partition coefficient (Wildman–Crippen LogP) is -2.06. The Labute approximate surface area is 61.9 Å². The predicted molar refractivity (Wildman–Crippen MR) is 34.2 cm³/mol. The van der Waals surface area contributed by atoms with Crippen LogP contribution in [-0.2, 0) is 14.2 Å². The molecule has 0 unspecified atom stereocenters. The summed E-state index contributed by atoms with van der Waals surface area (Å²) in [6.45, 7) is 0. The van der Waals surface area contributed by atoms with Crippen LogP contribution in [0.25, 0.3) is 0 Å². The molecule has 0 radical (unpaired) electrons. The highest BCUT2D eigenvalue weighted by Gasteiger charge is 2.27. The Balaban J connectivity index is 4.20. The van der Waals surface area contributed by atoms with Gasteiger partial charge in [0.25, 0.3) is 0 Å². The van der Waals surface area contributed by atoms with Gasteiger partial charge in [0.05, 0.1) is 0 Å². The van der Waals surface area contributed by atoms with E-state index in [0.717, 1.165) is 0 Å². The second-order valence-corrected chi connectivity index (χ2v) is 3.26. The van der Waals surface area contributed by atoms with Crippen molar-refractivity contribution >= 4 is 20.4 Å². The first-order valence-electron chi connectivity index (χ1n) is 2.47. The van der Waals surface area contributed by atoms with E-state index >= 15 is 0 Å². The fraction of sp³-hybridized carbons (Fsp3) is 0.333. The molecule has 11 heavy (non-hydrogen) atoms. The molecule has 0 rings (SSSR count). The van der Waals surface area contributed by atoms with Crippen molar-refractivity contribution in [3.8, 4) is 0 Å². The summed E-state index contributed by atoms with van der Waals surface area (Å²) in [6.07, 6.45) is 0.167. The molecule has 8 heteroatoms. The van der Waals surface area contributed by atoms with Crippen molar-refractivity contribution in [1.29, 1.82) is 0 Å². The Morgan fingerprint density at radius 3 is 1.73 bits per heavy atom. The van der Waals surface area contributed by atoms with Gasteiger partial charge in [-0.1, -0.05) is 0 Å². The SMILES string of the molecule is O=CNC(NC=O)P(=O)(O)O. The van der Waals surface area contributed by atoms with Crippen molar-refractivity contribution in [2.24, 2.45) is 0 Å². The first-order chi connectivity index (χ1) is 5.02. The fourth-order valence-electron chi connectivity index (χ4n) is 0.371. The van der Waals surface area contributed by atoms with Gasteiger partial charge in [-0.3, -0.25) is 14.2 Å². The normalized spacial score (nSPS) is 10.8. The molecule has 0 atom stereocenters. The maximum absolute atomic E-state index is 10.4. The van der Waals surface area contributed by atoms with Gasteiger partial charge >= 0.3 is 7.60 Å². The van der Waals surface area contributed by atoms with Crippen molar-refractivity contribution in [2.45, 2.75) is 5.91 Å². The van der Waals surface area contributed by atoms with Crippen LogP contribution in [0.15, 0.2) is 0 Å². The molecular formula is C3H7N2O5P. The Kier molecular flexibility index (Phi) is 3.73. The maximum Gasteiger partial charge on any atom is 0.367 e. The molecule has 0 aromatic heterocycles. The Morgan fingerprint density at radius 2 is 1.55 bits per heavy atom. The summed E-state index contributed by atoms with van der Waals surface area (Å²) in [4.78, 5) is 36.3. The van der Waals surface area contributed by atoms with Crippen LogP contribution in [0, 0.1) is 0 Å². The van der Waals surface area contributed by atoms with Crippen molar-refractivity contribution in [3.63, 3.8) is 0 Å². The molecule has 0 aliphatic carbocycles. The van der Waals surface area contributed by atoms with Gasteiger partial charge in [0, 0.05) is 0 Å². The molecule has 0 fully saturated rings. The minimum absolute atomic E-state index is 0.0836. The Bertz CT molecular complexity index is 178. The van der Waals surface area contributed by atoms with E-state index in [9.17, 15) is 14.2 Å². The number of rotatable bonds is 5. The summed E-state index contributed by atoms with van der Waals surface area (Å²) in [5, 5.41) is 3.47. The fourth-order valence-corrected chi connectivity index (χ4v) is 0.881. The van der Waals surface area contributed by atoms with E-state index in [1.165, 1.54) is 0 Å². The van der Waals surface area contributed by atoms with Gasteiger partial charge in [-0.15, -0.1) is 0 Å². The molecule has 2 amide bonds. The number of hydrogen-bond donors (Lipinski definition) is 4. The molecule has 0 aromatic carbocycles. The van der Waals surface area contributed by atoms with Crippen molar-refractivity contribution in [3.05, 3.63) is 0 Å². The number of carbonyl (C=O) groups is 2. The molecule has 0 heterocycles. The van der Waals surface area contributed by atoms with Crippen LogP contribution in [0.2, 0.25) is 0 Å². The summed E-state index contributed by atoms with van der Waals surface area (Å²) in [5.41, 5.74) is 0. The van der Waals surface area contributed by atoms with Crippen LogP contribution < -0.4 is 10.6 Å².